The number of aryl methyl sites for hydroxylation is 2. The van der Waals surface area contributed by atoms with Crippen LogP contribution in [-0.4, -0.2) is 38.7 Å². The van der Waals surface area contributed by atoms with Crippen molar-refractivity contribution in [1.29, 1.82) is 0 Å². The molecule has 21 heavy (non-hydrogen) atoms. The SMILES string of the molecule is CCCNC(=O)C(C)Sc1nc(CC)nc(C)c1C(=O)O. The second-order valence-corrected chi connectivity index (χ2v) is 5.94. The molecule has 7 heteroatoms. The maximum atomic E-state index is 11.9. The van der Waals surface area contributed by atoms with Gasteiger partial charge in [0.2, 0.25) is 5.91 Å². The van der Waals surface area contributed by atoms with Crippen LogP contribution >= 0.6 is 11.8 Å². The number of carbonyl (C=O) groups is 2. The van der Waals surface area contributed by atoms with E-state index in [-0.39, 0.29) is 11.5 Å². The molecule has 1 aromatic heterocycles. The van der Waals surface area contributed by atoms with Crippen molar-refractivity contribution >= 4 is 23.6 Å². The molecule has 0 saturated carbocycles. The second-order valence-electron chi connectivity index (χ2n) is 4.62. The number of aromatic carboxylic acids is 1. The van der Waals surface area contributed by atoms with Crippen molar-refractivity contribution in [3.05, 3.63) is 17.1 Å². The van der Waals surface area contributed by atoms with Crippen LogP contribution in [0.3, 0.4) is 0 Å². The van der Waals surface area contributed by atoms with Crippen LogP contribution in [0.25, 0.3) is 0 Å². The van der Waals surface area contributed by atoms with Gasteiger partial charge >= 0.3 is 5.97 Å². The highest BCUT2D eigenvalue weighted by Crippen LogP contribution is 2.27. The lowest BCUT2D eigenvalue weighted by atomic mass is 10.2. The van der Waals surface area contributed by atoms with Crippen molar-refractivity contribution in [2.45, 2.75) is 50.8 Å². The van der Waals surface area contributed by atoms with Crippen LogP contribution in [0.4, 0.5) is 0 Å². The van der Waals surface area contributed by atoms with Crippen LogP contribution in [0.2, 0.25) is 0 Å². The van der Waals surface area contributed by atoms with Gasteiger partial charge in [-0.25, -0.2) is 14.8 Å². The minimum atomic E-state index is -1.07. The molecule has 116 valence electrons. The van der Waals surface area contributed by atoms with E-state index >= 15 is 0 Å². The molecule has 1 heterocycles. The number of carboxylic acid groups (broad SMARTS) is 1. The zero-order valence-electron chi connectivity index (χ0n) is 12.8. The minimum absolute atomic E-state index is 0.0762. The molecule has 0 bridgehead atoms. The molecule has 2 N–H and O–H groups in total. The number of amides is 1. The predicted octanol–water partition coefficient (Wildman–Crippen LogP) is 2.05. The number of rotatable bonds is 7. The molecule has 6 nitrogen and oxygen atoms in total. The molecular formula is C14H21N3O3S. The quantitative estimate of drug-likeness (QED) is 0.591. The Balaban J connectivity index is 3.02. The van der Waals surface area contributed by atoms with Crippen LogP contribution in [0.15, 0.2) is 5.03 Å². The summed E-state index contributed by atoms with van der Waals surface area (Å²) >= 11 is 1.16. The van der Waals surface area contributed by atoms with Crippen LogP contribution in [0.5, 0.6) is 0 Å². The molecule has 0 saturated heterocycles. The first-order valence-corrected chi connectivity index (χ1v) is 7.83. The molecule has 0 fully saturated rings. The predicted molar refractivity (Wildman–Crippen MR) is 81.7 cm³/mol. The number of carbonyl (C=O) groups excluding carboxylic acids is 1. The normalized spacial score (nSPS) is 12.0. The first-order valence-electron chi connectivity index (χ1n) is 6.95. The molecule has 1 atom stereocenters. The Kier molecular flexibility index (Phi) is 6.61. The van der Waals surface area contributed by atoms with E-state index in [9.17, 15) is 14.7 Å². The Bertz CT molecular complexity index is 534. The molecule has 0 aliphatic heterocycles. The number of aromatic nitrogens is 2. The number of nitrogens with one attached hydrogen (secondary N) is 1. The number of hydrogen-bond donors (Lipinski definition) is 2. The lowest BCUT2D eigenvalue weighted by Crippen LogP contribution is -2.31. The maximum absolute atomic E-state index is 11.9. The van der Waals surface area contributed by atoms with Crippen molar-refractivity contribution in [2.24, 2.45) is 0 Å². The molecule has 1 unspecified atom stereocenters. The van der Waals surface area contributed by atoms with Crippen LogP contribution in [0.1, 0.15) is 49.1 Å². The molecule has 1 aromatic rings. The van der Waals surface area contributed by atoms with E-state index in [1.165, 1.54) is 0 Å². The van der Waals surface area contributed by atoms with Crippen molar-refractivity contribution in [3.8, 4) is 0 Å². The fourth-order valence-electron chi connectivity index (χ4n) is 1.70. The summed E-state index contributed by atoms with van der Waals surface area (Å²) in [5, 5.41) is 12.0. The Hall–Kier alpha value is -1.63. The fraction of sp³-hybridized carbons (Fsp3) is 0.571. The van der Waals surface area contributed by atoms with E-state index in [1.807, 2.05) is 13.8 Å². The van der Waals surface area contributed by atoms with Crippen molar-refractivity contribution in [3.63, 3.8) is 0 Å². The largest absolute Gasteiger partial charge is 0.478 e. The summed E-state index contributed by atoms with van der Waals surface area (Å²) < 4.78 is 0. The molecule has 0 spiro atoms. The zero-order chi connectivity index (χ0) is 16.0. The van der Waals surface area contributed by atoms with E-state index < -0.39 is 11.2 Å². The van der Waals surface area contributed by atoms with Gasteiger partial charge in [0.05, 0.1) is 10.9 Å². The first kappa shape index (κ1) is 17.4. The van der Waals surface area contributed by atoms with Gasteiger partial charge in [0.15, 0.2) is 0 Å². The molecule has 0 radical (unpaired) electrons. The standard InChI is InChI=1S/C14H21N3O3S/c1-5-7-15-12(18)9(4)21-13-11(14(19)20)8(3)16-10(6-2)17-13/h9H,5-7H2,1-4H3,(H,15,18)(H,19,20). The van der Waals surface area contributed by atoms with E-state index in [0.29, 0.717) is 29.5 Å². The third-order valence-electron chi connectivity index (χ3n) is 2.84. The Labute approximate surface area is 128 Å². The van der Waals surface area contributed by atoms with Gasteiger partial charge in [-0.1, -0.05) is 25.6 Å². The third kappa shape index (κ3) is 4.70. The molecule has 0 aliphatic rings. The lowest BCUT2D eigenvalue weighted by molar-refractivity contribution is -0.120. The number of thioether (sulfide) groups is 1. The van der Waals surface area contributed by atoms with Crippen molar-refractivity contribution in [2.75, 3.05) is 6.54 Å². The summed E-state index contributed by atoms with van der Waals surface area (Å²) in [6, 6.07) is 0. The molecule has 1 rings (SSSR count). The first-order chi connectivity index (χ1) is 9.90. The van der Waals surface area contributed by atoms with Gasteiger partial charge in [-0.15, -0.1) is 0 Å². The summed E-state index contributed by atoms with van der Waals surface area (Å²) in [5.74, 6) is -0.604. The van der Waals surface area contributed by atoms with Gasteiger partial charge in [0, 0.05) is 13.0 Å². The lowest BCUT2D eigenvalue weighted by Gasteiger charge is -2.14. The van der Waals surface area contributed by atoms with Gasteiger partial charge in [-0.2, -0.15) is 0 Å². The minimum Gasteiger partial charge on any atom is -0.478 e. The van der Waals surface area contributed by atoms with E-state index in [1.54, 1.807) is 13.8 Å². The van der Waals surface area contributed by atoms with E-state index in [4.69, 9.17) is 0 Å². The van der Waals surface area contributed by atoms with Crippen molar-refractivity contribution < 1.29 is 14.7 Å². The highest BCUT2D eigenvalue weighted by atomic mass is 32.2. The third-order valence-corrected chi connectivity index (χ3v) is 3.93. The van der Waals surface area contributed by atoms with Gasteiger partial charge in [0.1, 0.15) is 16.4 Å². The van der Waals surface area contributed by atoms with Crippen LogP contribution in [0, 0.1) is 6.92 Å². The Morgan fingerprint density at radius 3 is 2.52 bits per heavy atom. The summed E-state index contributed by atoms with van der Waals surface area (Å²) in [6.45, 7) is 7.88. The maximum Gasteiger partial charge on any atom is 0.340 e. The summed E-state index contributed by atoms with van der Waals surface area (Å²) in [4.78, 5) is 31.7. The smallest absolute Gasteiger partial charge is 0.340 e. The molecule has 1 amide bonds. The molecule has 0 aliphatic carbocycles. The average molecular weight is 311 g/mol. The number of nitrogens with zero attached hydrogens (tertiary/aromatic N) is 2. The van der Waals surface area contributed by atoms with Crippen LogP contribution in [-0.2, 0) is 11.2 Å². The second kappa shape index (κ2) is 7.97. The summed E-state index contributed by atoms with van der Waals surface area (Å²) in [5.41, 5.74) is 0.505. The zero-order valence-corrected chi connectivity index (χ0v) is 13.6. The summed E-state index contributed by atoms with van der Waals surface area (Å²) in [6.07, 6.45) is 1.47. The molecular weight excluding hydrogens is 290 g/mol. The van der Waals surface area contributed by atoms with Gasteiger partial charge in [-0.3, -0.25) is 4.79 Å². The Morgan fingerprint density at radius 2 is 2.00 bits per heavy atom. The number of hydrogen-bond acceptors (Lipinski definition) is 5. The van der Waals surface area contributed by atoms with E-state index in [0.717, 1.165) is 18.2 Å². The van der Waals surface area contributed by atoms with Gasteiger partial charge < -0.3 is 10.4 Å². The highest BCUT2D eigenvalue weighted by Gasteiger charge is 2.22. The van der Waals surface area contributed by atoms with Gasteiger partial charge in [0.25, 0.3) is 0 Å². The van der Waals surface area contributed by atoms with Gasteiger partial charge in [-0.05, 0) is 20.3 Å². The Morgan fingerprint density at radius 1 is 1.33 bits per heavy atom. The number of carboxylic acids is 1. The molecule has 0 aromatic carbocycles. The summed E-state index contributed by atoms with van der Waals surface area (Å²) in [7, 11) is 0. The van der Waals surface area contributed by atoms with Crippen LogP contribution < -0.4 is 5.32 Å². The van der Waals surface area contributed by atoms with Crippen molar-refractivity contribution in [1.82, 2.24) is 15.3 Å². The average Bonchev–Trinajstić information content (AvgIpc) is 2.43. The topological polar surface area (TPSA) is 92.2 Å². The highest BCUT2D eigenvalue weighted by molar-refractivity contribution is 8.00. The monoisotopic (exact) mass is 311 g/mol. The van der Waals surface area contributed by atoms with E-state index in [2.05, 4.69) is 15.3 Å². The fourth-order valence-corrected chi connectivity index (χ4v) is 2.74.